The second kappa shape index (κ2) is 2.21. The molecule has 10 heavy (non-hydrogen) atoms. The zero-order valence-corrected chi connectivity index (χ0v) is 5.63. The maximum absolute atomic E-state index is 4.99. The first-order valence-electron chi connectivity index (χ1n) is 3.43. The molecule has 0 aromatic carbocycles. The van der Waals surface area contributed by atoms with Gasteiger partial charge in [0.05, 0.1) is 12.0 Å². The van der Waals surface area contributed by atoms with Crippen LogP contribution in [0.2, 0.25) is 0 Å². The highest BCUT2D eigenvalue weighted by molar-refractivity contribution is 5.40. The Labute approximate surface area is 59.9 Å². The van der Waals surface area contributed by atoms with Crippen LogP contribution in [0.1, 0.15) is 6.42 Å². The van der Waals surface area contributed by atoms with Gasteiger partial charge in [-0.15, -0.1) is 0 Å². The first-order chi connectivity index (χ1) is 4.97. The summed E-state index contributed by atoms with van der Waals surface area (Å²) in [6, 6.07) is 0. The second-order valence-corrected chi connectivity index (χ2v) is 2.35. The molecule has 52 valence electrons. The molecule has 0 fully saturated rings. The molecule has 0 atom stereocenters. The van der Waals surface area contributed by atoms with E-state index in [-0.39, 0.29) is 0 Å². The Balaban J connectivity index is 2.32. The van der Waals surface area contributed by atoms with E-state index in [2.05, 4.69) is 11.4 Å². The predicted molar refractivity (Wildman–Crippen MR) is 39.0 cm³/mol. The molecule has 2 heteroatoms. The van der Waals surface area contributed by atoms with Crippen LogP contribution in [-0.4, -0.2) is 6.54 Å². The summed E-state index contributed by atoms with van der Waals surface area (Å²) in [5.74, 6) is 0. The highest BCUT2D eigenvalue weighted by atomic mass is 16.5. The monoisotopic (exact) mass is 135 g/mol. The smallest absolute Gasteiger partial charge is 0.114 e. The summed E-state index contributed by atoms with van der Waals surface area (Å²) in [4.78, 5) is 0. The molecule has 2 aliphatic heterocycles. The lowest BCUT2D eigenvalue weighted by atomic mass is 10.1. The van der Waals surface area contributed by atoms with Crippen molar-refractivity contribution in [2.24, 2.45) is 0 Å². The predicted octanol–water partition coefficient (Wildman–Crippen LogP) is 1.29. The lowest BCUT2D eigenvalue weighted by molar-refractivity contribution is 0.388. The number of nitrogens with one attached hydrogen (secondary N) is 1. The molecular weight excluding hydrogens is 126 g/mol. The molecule has 2 heterocycles. The Kier molecular flexibility index (Phi) is 1.24. The van der Waals surface area contributed by atoms with Crippen LogP contribution in [0, 0.1) is 0 Å². The number of hydrogen-bond donors (Lipinski definition) is 1. The molecule has 1 N–H and O–H groups in total. The van der Waals surface area contributed by atoms with E-state index in [0.717, 1.165) is 18.7 Å². The second-order valence-electron chi connectivity index (χ2n) is 2.35. The molecule has 0 spiro atoms. The molecule has 2 aliphatic rings. The van der Waals surface area contributed by atoms with Crippen molar-refractivity contribution in [2.75, 3.05) is 6.54 Å². The number of fused-ring (bicyclic) bond motifs is 1. The van der Waals surface area contributed by atoms with Gasteiger partial charge in [-0.1, -0.05) is 6.08 Å². The van der Waals surface area contributed by atoms with Gasteiger partial charge in [0.2, 0.25) is 0 Å². The van der Waals surface area contributed by atoms with Gasteiger partial charge in [-0.05, 0) is 18.1 Å². The Morgan fingerprint density at radius 2 is 2.50 bits per heavy atom. The number of ether oxygens (including phenoxy) is 1. The highest BCUT2D eigenvalue weighted by Crippen LogP contribution is 2.17. The van der Waals surface area contributed by atoms with Crippen molar-refractivity contribution in [3.63, 3.8) is 0 Å². The van der Waals surface area contributed by atoms with Gasteiger partial charge in [-0.25, -0.2) is 0 Å². The van der Waals surface area contributed by atoms with Gasteiger partial charge in [0, 0.05) is 6.54 Å². The first-order valence-corrected chi connectivity index (χ1v) is 3.43. The van der Waals surface area contributed by atoms with Crippen molar-refractivity contribution in [3.05, 3.63) is 35.9 Å². The molecule has 0 saturated heterocycles. The summed E-state index contributed by atoms with van der Waals surface area (Å²) in [6.45, 7) is 1.02. The minimum atomic E-state index is 1.02. The zero-order valence-electron chi connectivity index (χ0n) is 5.63. The average Bonchev–Trinajstić information content (AvgIpc) is 2.05. The third kappa shape index (κ3) is 0.817. The zero-order chi connectivity index (χ0) is 6.81. The summed E-state index contributed by atoms with van der Waals surface area (Å²) in [7, 11) is 0. The van der Waals surface area contributed by atoms with E-state index in [1.807, 2.05) is 6.08 Å². The SMILES string of the molecule is C1=CC2=CCCNC2=CO1. The van der Waals surface area contributed by atoms with E-state index in [0.29, 0.717) is 0 Å². The fraction of sp³-hybridized carbons (Fsp3) is 0.250. The lowest BCUT2D eigenvalue weighted by Gasteiger charge is -2.18. The first kappa shape index (κ1) is 5.59. The van der Waals surface area contributed by atoms with Gasteiger partial charge in [0.15, 0.2) is 0 Å². The molecule has 0 saturated carbocycles. The number of rotatable bonds is 0. The molecule has 2 nitrogen and oxygen atoms in total. The van der Waals surface area contributed by atoms with Gasteiger partial charge < -0.3 is 10.1 Å². The quantitative estimate of drug-likeness (QED) is 0.540. The van der Waals surface area contributed by atoms with Crippen molar-refractivity contribution in [3.8, 4) is 0 Å². The summed E-state index contributed by atoms with van der Waals surface area (Å²) >= 11 is 0. The minimum absolute atomic E-state index is 1.02. The molecule has 2 rings (SSSR count). The topological polar surface area (TPSA) is 21.3 Å². The Morgan fingerprint density at radius 3 is 3.40 bits per heavy atom. The minimum Gasteiger partial charge on any atom is -0.470 e. The van der Waals surface area contributed by atoms with Crippen molar-refractivity contribution in [2.45, 2.75) is 6.42 Å². The van der Waals surface area contributed by atoms with Crippen molar-refractivity contribution < 1.29 is 4.74 Å². The molecule has 0 aromatic rings. The van der Waals surface area contributed by atoms with E-state index in [4.69, 9.17) is 4.74 Å². The van der Waals surface area contributed by atoms with E-state index < -0.39 is 0 Å². The van der Waals surface area contributed by atoms with Crippen LogP contribution in [0.4, 0.5) is 0 Å². The highest BCUT2D eigenvalue weighted by Gasteiger charge is 2.08. The normalized spacial score (nSPS) is 21.6. The van der Waals surface area contributed by atoms with Crippen molar-refractivity contribution in [1.29, 1.82) is 0 Å². The average molecular weight is 135 g/mol. The van der Waals surface area contributed by atoms with Crippen molar-refractivity contribution >= 4 is 0 Å². The van der Waals surface area contributed by atoms with E-state index in [1.165, 1.54) is 5.57 Å². The largest absolute Gasteiger partial charge is 0.470 e. The van der Waals surface area contributed by atoms with Crippen LogP contribution in [0.25, 0.3) is 0 Å². The molecule has 0 unspecified atom stereocenters. The number of allylic oxidation sites excluding steroid dienone is 1. The van der Waals surface area contributed by atoms with Gasteiger partial charge in [-0.3, -0.25) is 0 Å². The maximum atomic E-state index is 4.99. The van der Waals surface area contributed by atoms with Crippen molar-refractivity contribution in [1.82, 2.24) is 5.32 Å². The summed E-state index contributed by atoms with van der Waals surface area (Å²) in [5.41, 5.74) is 2.35. The fourth-order valence-electron chi connectivity index (χ4n) is 1.13. The van der Waals surface area contributed by atoms with Gasteiger partial charge in [-0.2, -0.15) is 0 Å². The molecule has 0 aliphatic carbocycles. The van der Waals surface area contributed by atoms with E-state index in [1.54, 1.807) is 12.5 Å². The maximum Gasteiger partial charge on any atom is 0.114 e. The molecule has 0 amide bonds. The summed E-state index contributed by atoms with van der Waals surface area (Å²) < 4.78 is 4.99. The van der Waals surface area contributed by atoms with E-state index >= 15 is 0 Å². The lowest BCUT2D eigenvalue weighted by Crippen LogP contribution is -2.20. The van der Waals surface area contributed by atoms with Crippen LogP contribution in [0.5, 0.6) is 0 Å². The van der Waals surface area contributed by atoms with Gasteiger partial charge in [0.25, 0.3) is 0 Å². The van der Waals surface area contributed by atoms with Crippen LogP contribution in [0.15, 0.2) is 35.9 Å². The van der Waals surface area contributed by atoms with Crippen LogP contribution < -0.4 is 5.32 Å². The third-order valence-corrected chi connectivity index (χ3v) is 1.65. The Bertz CT molecular complexity index is 225. The Hall–Kier alpha value is -1.18. The Morgan fingerprint density at radius 1 is 1.50 bits per heavy atom. The molecule has 0 radical (unpaired) electrons. The number of hydrogen-bond acceptors (Lipinski definition) is 2. The van der Waals surface area contributed by atoms with Gasteiger partial charge >= 0.3 is 0 Å². The summed E-state index contributed by atoms with van der Waals surface area (Å²) in [6.07, 6.45) is 8.73. The fourth-order valence-corrected chi connectivity index (χ4v) is 1.13. The molecule has 0 bridgehead atoms. The van der Waals surface area contributed by atoms with Crippen LogP contribution in [0.3, 0.4) is 0 Å². The van der Waals surface area contributed by atoms with Crippen LogP contribution in [-0.2, 0) is 4.74 Å². The summed E-state index contributed by atoms with van der Waals surface area (Å²) in [5, 5.41) is 3.24. The van der Waals surface area contributed by atoms with Crippen LogP contribution >= 0.6 is 0 Å². The third-order valence-electron chi connectivity index (χ3n) is 1.65. The molecular formula is C8H9NO. The molecule has 0 aromatic heterocycles. The van der Waals surface area contributed by atoms with E-state index in [9.17, 15) is 0 Å². The standard InChI is InChI=1S/C8H9NO/c1-2-7-3-5-10-6-8(7)9-4-1/h2-3,5-6,9H,1,4H2. The van der Waals surface area contributed by atoms with Gasteiger partial charge in [0.1, 0.15) is 6.26 Å².